The van der Waals surface area contributed by atoms with E-state index in [1.807, 2.05) is 32.0 Å². The molecule has 0 aliphatic rings. The Balaban J connectivity index is 1.87. The number of aromatic nitrogens is 1. The molecule has 2 N–H and O–H groups in total. The molecule has 0 atom stereocenters. The van der Waals surface area contributed by atoms with Crippen LogP contribution < -0.4 is 20.1 Å². The molecule has 1 aromatic carbocycles. The summed E-state index contributed by atoms with van der Waals surface area (Å²) < 4.78 is 16.2. The van der Waals surface area contributed by atoms with Crippen LogP contribution in [-0.2, 0) is 13.0 Å². The van der Waals surface area contributed by atoms with Gasteiger partial charge in [0, 0.05) is 13.6 Å². The third-order valence-corrected chi connectivity index (χ3v) is 3.88. The second kappa shape index (κ2) is 8.96. The van der Waals surface area contributed by atoms with Gasteiger partial charge in [0.2, 0.25) is 5.89 Å². The average molecular weight is 346 g/mol. The van der Waals surface area contributed by atoms with Crippen molar-refractivity contribution in [3.63, 3.8) is 0 Å². The van der Waals surface area contributed by atoms with Gasteiger partial charge in [-0.1, -0.05) is 0 Å². The minimum atomic E-state index is 0.483. The van der Waals surface area contributed by atoms with Crippen LogP contribution in [-0.4, -0.2) is 38.8 Å². The van der Waals surface area contributed by atoms with Gasteiger partial charge < -0.3 is 24.5 Å². The van der Waals surface area contributed by atoms with Crippen molar-refractivity contribution in [2.24, 2.45) is 4.99 Å². The highest BCUT2D eigenvalue weighted by Gasteiger charge is 2.08. The monoisotopic (exact) mass is 346 g/mol. The van der Waals surface area contributed by atoms with Crippen molar-refractivity contribution < 1.29 is 13.9 Å². The first-order valence-electron chi connectivity index (χ1n) is 8.15. The highest BCUT2D eigenvalue weighted by Crippen LogP contribution is 2.24. The first-order chi connectivity index (χ1) is 12.1. The van der Waals surface area contributed by atoms with E-state index in [4.69, 9.17) is 13.9 Å². The van der Waals surface area contributed by atoms with E-state index in [1.54, 1.807) is 21.3 Å². The molecule has 0 unspecified atom stereocenters. The van der Waals surface area contributed by atoms with Crippen molar-refractivity contribution in [1.29, 1.82) is 0 Å². The summed E-state index contributed by atoms with van der Waals surface area (Å²) >= 11 is 0. The second-order valence-electron chi connectivity index (χ2n) is 5.53. The zero-order valence-electron chi connectivity index (χ0n) is 15.5. The number of rotatable bonds is 7. The number of benzene rings is 1. The molecule has 0 aliphatic heterocycles. The summed E-state index contributed by atoms with van der Waals surface area (Å²) in [5.41, 5.74) is 1.98. The summed E-state index contributed by atoms with van der Waals surface area (Å²) in [6, 6.07) is 5.78. The number of hydrogen-bond acceptors (Lipinski definition) is 5. The minimum absolute atomic E-state index is 0.483. The van der Waals surface area contributed by atoms with Gasteiger partial charge in [0.1, 0.15) is 17.3 Å². The van der Waals surface area contributed by atoms with Crippen LogP contribution in [0.4, 0.5) is 0 Å². The Morgan fingerprint density at radius 1 is 1.20 bits per heavy atom. The number of guanidine groups is 1. The molecule has 0 saturated heterocycles. The van der Waals surface area contributed by atoms with Crippen molar-refractivity contribution in [1.82, 2.24) is 15.6 Å². The predicted octanol–water partition coefficient (Wildman–Crippen LogP) is 2.22. The SMILES string of the molecule is CN=C(NCCc1cc(OC)ccc1OC)NCc1nc(C)c(C)o1. The smallest absolute Gasteiger partial charge is 0.214 e. The first kappa shape index (κ1) is 18.6. The van der Waals surface area contributed by atoms with Gasteiger partial charge in [-0.15, -0.1) is 0 Å². The molecule has 136 valence electrons. The molecule has 0 aliphatic carbocycles. The summed E-state index contributed by atoms with van der Waals surface area (Å²) in [4.78, 5) is 8.55. The fourth-order valence-electron chi connectivity index (χ4n) is 2.39. The molecule has 0 amide bonds. The van der Waals surface area contributed by atoms with Gasteiger partial charge in [-0.2, -0.15) is 0 Å². The van der Waals surface area contributed by atoms with E-state index in [-0.39, 0.29) is 0 Å². The van der Waals surface area contributed by atoms with E-state index in [1.165, 1.54) is 0 Å². The van der Waals surface area contributed by atoms with Crippen molar-refractivity contribution in [3.05, 3.63) is 41.1 Å². The van der Waals surface area contributed by atoms with Gasteiger partial charge in [0.15, 0.2) is 5.96 Å². The van der Waals surface area contributed by atoms with Crippen LogP contribution in [0, 0.1) is 13.8 Å². The molecule has 2 aromatic rings. The van der Waals surface area contributed by atoms with Crippen molar-refractivity contribution in [2.45, 2.75) is 26.8 Å². The number of hydrogen-bond donors (Lipinski definition) is 2. The molecule has 1 aromatic heterocycles. The molecule has 25 heavy (non-hydrogen) atoms. The zero-order valence-corrected chi connectivity index (χ0v) is 15.5. The highest BCUT2D eigenvalue weighted by molar-refractivity contribution is 5.79. The summed E-state index contributed by atoms with van der Waals surface area (Å²) in [7, 11) is 5.05. The number of oxazole rings is 1. The number of methoxy groups -OCH3 is 2. The molecule has 0 saturated carbocycles. The van der Waals surface area contributed by atoms with E-state index < -0.39 is 0 Å². The third kappa shape index (κ3) is 5.14. The van der Waals surface area contributed by atoms with Crippen LogP contribution in [0.15, 0.2) is 27.6 Å². The van der Waals surface area contributed by atoms with E-state index >= 15 is 0 Å². The summed E-state index contributed by atoms with van der Waals surface area (Å²) in [5.74, 6) is 3.83. The lowest BCUT2D eigenvalue weighted by Gasteiger charge is -2.13. The quantitative estimate of drug-likeness (QED) is 0.591. The van der Waals surface area contributed by atoms with Gasteiger partial charge in [0.05, 0.1) is 26.5 Å². The van der Waals surface area contributed by atoms with E-state index in [0.717, 1.165) is 34.9 Å². The van der Waals surface area contributed by atoms with Gasteiger partial charge in [-0.3, -0.25) is 4.99 Å². The van der Waals surface area contributed by atoms with Crippen LogP contribution in [0.5, 0.6) is 11.5 Å². The lowest BCUT2D eigenvalue weighted by molar-refractivity contribution is 0.398. The van der Waals surface area contributed by atoms with Gasteiger partial charge in [0.25, 0.3) is 0 Å². The lowest BCUT2D eigenvalue weighted by atomic mass is 10.1. The molecule has 2 rings (SSSR count). The Bertz CT molecular complexity index is 706. The molecular formula is C18H26N4O3. The fourth-order valence-corrected chi connectivity index (χ4v) is 2.39. The second-order valence-corrected chi connectivity index (χ2v) is 5.53. The Kier molecular flexibility index (Phi) is 6.68. The molecule has 7 nitrogen and oxygen atoms in total. The normalized spacial score (nSPS) is 11.3. The van der Waals surface area contributed by atoms with Crippen molar-refractivity contribution >= 4 is 5.96 Å². The maximum absolute atomic E-state index is 5.55. The Labute approximate surface area is 148 Å². The maximum Gasteiger partial charge on any atom is 0.214 e. The first-order valence-corrected chi connectivity index (χ1v) is 8.15. The van der Waals surface area contributed by atoms with E-state index in [0.29, 0.717) is 24.9 Å². The average Bonchev–Trinajstić information content (AvgIpc) is 2.95. The number of nitrogens with one attached hydrogen (secondary N) is 2. The molecule has 7 heteroatoms. The largest absolute Gasteiger partial charge is 0.497 e. The van der Waals surface area contributed by atoms with Gasteiger partial charge >= 0.3 is 0 Å². The molecular weight excluding hydrogens is 320 g/mol. The zero-order chi connectivity index (χ0) is 18.2. The topological polar surface area (TPSA) is 80.9 Å². The van der Waals surface area contributed by atoms with Crippen LogP contribution in [0.2, 0.25) is 0 Å². The van der Waals surface area contributed by atoms with Crippen LogP contribution in [0.25, 0.3) is 0 Å². The molecule has 0 fully saturated rings. The standard InChI is InChI=1S/C18H26N4O3/c1-12-13(2)25-17(22-12)11-21-18(19-3)20-9-8-14-10-15(23-4)6-7-16(14)24-5/h6-7,10H,8-9,11H2,1-5H3,(H2,19,20,21). The lowest BCUT2D eigenvalue weighted by Crippen LogP contribution is -2.38. The number of nitrogens with zero attached hydrogens (tertiary/aromatic N) is 2. The van der Waals surface area contributed by atoms with Crippen LogP contribution in [0.3, 0.4) is 0 Å². The maximum atomic E-state index is 5.55. The molecule has 1 heterocycles. The fraction of sp³-hybridized carbons (Fsp3) is 0.444. The van der Waals surface area contributed by atoms with Gasteiger partial charge in [-0.05, 0) is 44.0 Å². The highest BCUT2D eigenvalue weighted by atomic mass is 16.5. The summed E-state index contributed by atoms with van der Waals surface area (Å²) in [6.07, 6.45) is 0.776. The number of ether oxygens (including phenoxy) is 2. The third-order valence-electron chi connectivity index (χ3n) is 3.88. The Morgan fingerprint density at radius 2 is 2.00 bits per heavy atom. The predicted molar refractivity (Wildman–Crippen MR) is 97.4 cm³/mol. The Morgan fingerprint density at radius 3 is 2.60 bits per heavy atom. The summed E-state index contributed by atoms with van der Waals surface area (Å²) in [6.45, 7) is 5.01. The van der Waals surface area contributed by atoms with Crippen molar-refractivity contribution in [2.75, 3.05) is 27.8 Å². The minimum Gasteiger partial charge on any atom is -0.497 e. The van der Waals surface area contributed by atoms with E-state index in [9.17, 15) is 0 Å². The molecule has 0 spiro atoms. The molecule has 0 radical (unpaired) electrons. The Hall–Kier alpha value is -2.70. The number of aryl methyl sites for hydroxylation is 2. The summed E-state index contributed by atoms with van der Waals surface area (Å²) in [5, 5.41) is 6.46. The molecule has 0 bridgehead atoms. The van der Waals surface area contributed by atoms with Crippen molar-refractivity contribution in [3.8, 4) is 11.5 Å². The van der Waals surface area contributed by atoms with Crippen LogP contribution >= 0.6 is 0 Å². The van der Waals surface area contributed by atoms with E-state index in [2.05, 4.69) is 20.6 Å². The van der Waals surface area contributed by atoms with Crippen LogP contribution in [0.1, 0.15) is 22.9 Å². The number of aliphatic imine (C=N–C) groups is 1. The van der Waals surface area contributed by atoms with Gasteiger partial charge in [-0.25, -0.2) is 4.98 Å².